The van der Waals surface area contributed by atoms with Crippen LogP contribution in [0.5, 0.6) is 0 Å². The molecular weight excluding hydrogens is 422 g/mol. The van der Waals surface area contributed by atoms with Gasteiger partial charge in [0.1, 0.15) is 0 Å². The average Bonchev–Trinajstić information content (AvgIpc) is 2.98. The Kier molecular flexibility index (Phi) is 5.36. The second-order valence-corrected chi connectivity index (χ2v) is 23.5. The third-order valence-corrected chi connectivity index (χ3v) is 12.2. The van der Waals surface area contributed by atoms with Crippen LogP contribution in [-0.4, -0.2) is 34.7 Å². The number of rotatable bonds is 3. The van der Waals surface area contributed by atoms with E-state index in [0.29, 0.717) is 6.85 Å². The normalized spacial score (nSPS) is 25.7. The molecule has 26 heavy (non-hydrogen) atoms. The minimum atomic E-state index is -2.39. The molecule has 2 bridgehead atoms. The van der Waals surface area contributed by atoms with Crippen molar-refractivity contribution >= 4 is 28.8 Å². The summed E-state index contributed by atoms with van der Waals surface area (Å²) in [6.07, 6.45) is 14.9. The maximum absolute atomic E-state index is 4.87. The zero-order chi connectivity index (χ0) is 18.1. The summed E-state index contributed by atoms with van der Waals surface area (Å²) in [5, 5.41) is 0. The second kappa shape index (κ2) is 7.57. The van der Waals surface area contributed by atoms with Gasteiger partial charge in [-0.1, -0.05) is 0 Å². The Balaban J connectivity index is 1.99. The third-order valence-electron chi connectivity index (χ3n) is 6.37. The van der Waals surface area contributed by atoms with Crippen LogP contribution < -0.4 is 0 Å². The van der Waals surface area contributed by atoms with Crippen molar-refractivity contribution in [2.24, 2.45) is 5.92 Å². The summed E-state index contributed by atoms with van der Waals surface area (Å²) < 4.78 is 4.24. The molecule has 2 aliphatic heterocycles. The van der Waals surface area contributed by atoms with Crippen molar-refractivity contribution in [1.82, 2.24) is 9.46 Å². The number of aromatic nitrogens is 2. The van der Waals surface area contributed by atoms with E-state index in [9.17, 15) is 0 Å². The van der Waals surface area contributed by atoms with E-state index in [4.69, 9.17) is 4.98 Å². The number of fused-ring (bicyclic) bond motifs is 3. The fourth-order valence-electron chi connectivity index (χ4n) is 5.43. The van der Waals surface area contributed by atoms with Gasteiger partial charge in [0, 0.05) is 0 Å². The SMILES string of the molecule is [CH3][Sn]([CH3])([CH3])/[C](=C1\B(n2cccc2)C2CCCC1CCC2)c1ccccn1. The number of nitrogens with zero attached hydrogens (tertiary/aromatic N) is 2. The van der Waals surface area contributed by atoms with Crippen molar-refractivity contribution < 1.29 is 0 Å². The number of hydrogen-bond donors (Lipinski definition) is 0. The third kappa shape index (κ3) is 3.56. The van der Waals surface area contributed by atoms with Gasteiger partial charge in [-0.3, -0.25) is 0 Å². The van der Waals surface area contributed by atoms with Crippen LogP contribution in [0.4, 0.5) is 0 Å². The molecule has 2 aliphatic rings. The first-order valence-electron chi connectivity index (χ1n) is 10.3. The zero-order valence-electron chi connectivity index (χ0n) is 16.5. The molecular formula is C22H31BN2Sn. The molecule has 2 nitrogen and oxygen atoms in total. The van der Waals surface area contributed by atoms with Crippen LogP contribution in [0.15, 0.2) is 54.4 Å². The molecule has 136 valence electrons. The number of hydrogen-bond acceptors (Lipinski definition) is 1. The van der Waals surface area contributed by atoms with Crippen LogP contribution in [0.2, 0.25) is 20.6 Å². The van der Waals surface area contributed by atoms with E-state index >= 15 is 0 Å². The Morgan fingerprint density at radius 3 is 2.27 bits per heavy atom. The quantitative estimate of drug-likeness (QED) is 0.526. The van der Waals surface area contributed by atoms with Gasteiger partial charge in [-0.15, -0.1) is 0 Å². The minimum absolute atomic E-state index is 0.549. The summed E-state index contributed by atoms with van der Waals surface area (Å²) in [5.74, 6) is 1.54. The van der Waals surface area contributed by atoms with Crippen molar-refractivity contribution in [3.05, 3.63) is 60.1 Å². The first-order valence-corrected chi connectivity index (χ1v) is 20.3. The Labute approximate surface area is 163 Å². The topological polar surface area (TPSA) is 17.8 Å². The van der Waals surface area contributed by atoms with Crippen molar-refractivity contribution in [3.8, 4) is 0 Å². The molecule has 0 radical (unpaired) electrons. The molecule has 2 aromatic rings. The predicted molar refractivity (Wildman–Crippen MR) is 115 cm³/mol. The molecule has 4 heterocycles. The predicted octanol–water partition coefficient (Wildman–Crippen LogP) is 5.95. The van der Waals surface area contributed by atoms with E-state index in [2.05, 4.69) is 62.0 Å². The van der Waals surface area contributed by atoms with E-state index in [1.54, 1.807) is 9.06 Å². The number of allylic oxidation sites excluding steroid dienone is 1. The van der Waals surface area contributed by atoms with Crippen LogP contribution in [0.25, 0.3) is 3.59 Å². The van der Waals surface area contributed by atoms with Crippen molar-refractivity contribution in [2.45, 2.75) is 59.2 Å². The van der Waals surface area contributed by atoms with Gasteiger partial charge in [0.2, 0.25) is 0 Å². The Morgan fingerprint density at radius 2 is 1.69 bits per heavy atom. The van der Waals surface area contributed by atoms with E-state index in [1.165, 1.54) is 44.2 Å². The second-order valence-electron chi connectivity index (χ2n) is 9.19. The van der Waals surface area contributed by atoms with Crippen molar-refractivity contribution in [1.29, 1.82) is 0 Å². The summed E-state index contributed by atoms with van der Waals surface area (Å²) in [6.45, 7) is 0.549. The van der Waals surface area contributed by atoms with Crippen LogP contribution >= 0.6 is 0 Å². The summed E-state index contributed by atoms with van der Waals surface area (Å²) in [6, 6.07) is 10.9. The molecule has 0 amide bonds. The standard InChI is InChI=1S/C19H22BN2.3CH3.Sn/c1-2-12-21-18(11-1)15-19-16-7-5-9-17(10-6-8-16)20(19)22-13-3-4-14-22;;;;/h1-4,11-14,16-17H,5-10H2;3*1H3;. The molecule has 0 aliphatic carbocycles. The van der Waals surface area contributed by atoms with Gasteiger partial charge in [-0.05, 0) is 0 Å². The Hall–Kier alpha value is -0.966. The summed E-state index contributed by atoms with van der Waals surface area (Å²) in [5.41, 5.74) is 3.05. The van der Waals surface area contributed by atoms with Gasteiger partial charge in [-0.25, -0.2) is 0 Å². The van der Waals surface area contributed by atoms with E-state index in [0.717, 1.165) is 11.7 Å². The van der Waals surface area contributed by atoms with Crippen molar-refractivity contribution in [3.63, 3.8) is 0 Å². The average molecular weight is 453 g/mol. The van der Waals surface area contributed by atoms with Gasteiger partial charge in [0.25, 0.3) is 0 Å². The molecule has 0 N–H and O–H groups in total. The summed E-state index contributed by atoms with van der Waals surface area (Å²) in [7, 11) is 0. The van der Waals surface area contributed by atoms with Crippen LogP contribution in [-0.2, 0) is 0 Å². The van der Waals surface area contributed by atoms with Gasteiger partial charge in [0.05, 0.1) is 0 Å². The molecule has 0 aromatic carbocycles. The van der Waals surface area contributed by atoms with Crippen LogP contribution in [0.1, 0.15) is 44.2 Å². The monoisotopic (exact) mass is 454 g/mol. The van der Waals surface area contributed by atoms with Crippen LogP contribution in [0, 0.1) is 5.92 Å². The summed E-state index contributed by atoms with van der Waals surface area (Å²) in [4.78, 5) is 12.6. The molecule has 0 spiro atoms. The molecule has 2 aromatic heterocycles. The molecule has 0 atom stereocenters. The number of pyridine rings is 1. The molecule has 4 heteroatoms. The van der Waals surface area contributed by atoms with E-state index in [-0.39, 0.29) is 0 Å². The first kappa shape index (κ1) is 18.4. The van der Waals surface area contributed by atoms with Gasteiger partial charge in [-0.2, -0.15) is 0 Å². The molecule has 0 unspecified atom stereocenters. The molecule has 4 rings (SSSR count). The fourth-order valence-corrected chi connectivity index (χ4v) is 11.5. The Morgan fingerprint density at radius 1 is 1.00 bits per heavy atom. The van der Waals surface area contributed by atoms with E-state index in [1.807, 2.05) is 6.20 Å². The molecule has 2 fully saturated rings. The van der Waals surface area contributed by atoms with Crippen molar-refractivity contribution in [2.75, 3.05) is 0 Å². The summed E-state index contributed by atoms with van der Waals surface area (Å²) >= 11 is -2.39. The van der Waals surface area contributed by atoms with Gasteiger partial charge < -0.3 is 0 Å². The molecule has 0 saturated carbocycles. The van der Waals surface area contributed by atoms with Gasteiger partial charge in [0.15, 0.2) is 0 Å². The van der Waals surface area contributed by atoms with E-state index < -0.39 is 18.4 Å². The Bertz CT molecular complexity index is 751. The van der Waals surface area contributed by atoms with Crippen LogP contribution in [0.3, 0.4) is 0 Å². The van der Waals surface area contributed by atoms with Gasteiger partial charge >= 0.3 is 163 Å². The maximum atomic E-state index is 4.87. The first-order chi connectivity index (χ1) is 12.6. The molecule has 2 saturated heterocycles. The zero-order valence-corrected chi connectivity index (χ0v) is 19.3. The fraction of sp³-hybridized carbons (Fsp3) is 0.500.